The molecule has 4 nitrogen and oxygen atoms in total. The van der Waals surface area contributed by atoms with Gasteiger partial charge in [0.05, 0.1) is 12.0 Å². The Morgan fingerprint density at radius 2 is 1.75 bits per heavy atom. The number of carbonyl (C=O) groups is 1. The fourth-order valence-corrected chi connectivity index (χ4v) is 4.33. The van der Waals surface area contributed by atoms with Gasteiger partial charge in [0.1, 0.15) is 11.6 Å². The number of carbonyl (C=O) groups excluding carboxylic acids is 1. The monoisotopic (exact) mass is 396 g/mol. The number of anilines is 1. The lowest BCUT2D eigenvalue weighted by Crippen LogP contribution is -2.48. The second kappa shape index (κ2) is 8.02. The molecule has 0 N–H and O–H groups in total. The lowest BCUT2D eigenvalue weighted by Gasteiger charge is -2.36. The van der Waals surface area contributed by atoms with Gasteiger partial charge in [0.2, 0.25) is 0 Å². The zero-order chi connectivity index (χ0) is 19.5. The number of amides is 1. The van der Waals surface area contributed by atoms with Crippen molar-refractivity contribution in [1.82, 2.24) is 4.90 Å². The third kappa shape index (κ3) is 3.87. The Labute approximate surface area is 167 Å². The van der Waals surface area contributed by atoms with Crippen molar-refractivity contribution in [3.63, 3.8) is 0 Å². The molecule has 1 aliphatic rings. The highest BCUT2D eigenvalue weighted by Crippen LogP contribution is 2.29. The van der Waals surface area contributed by atoms with Gasteiger partial charge in [-0.05, 0) is 42.0 Å². The summed E-state index contributed by atoms with van der Waals surface area (Å²) in [5, 5.41) is 0. The van der Waals surface area contributed by atoms with Crippen LogP contribution in [-0.2, 0) is 0 Å². The summed E-state index contributed by atoms with van der Waals surface area (Å²) in [4.78, 5) is 18.7. The van der Waals surface area contributed by atoms with E-state index < -0.39 is 0 Å². The molecule has 144 valence electrons. The van der Waals surface area contributed by atoms with E-state index in [0.29, 0.717) is 18.0 Å². The van der Waals surface area contributed by atoms with Crippen molar-refractivity contribution in [2.75, 3.05) is 38.2 Å². The molecule has 1 amide bonds. The standard InChI is InChI=1S/C22H21FN2O2S/c1-27-19-4-2-3-18(15-19)24-11-13-25(14-12-24)22(26)21-10-9-20(28-21)16-5-7-17(23)8-6-16/h2-10,15H,11-14H2,1H3. The predicted octanol–water partition coefficient (Wildman–Crippen LogP) is 4.53. The van der Waals surface area contributed by atoms with Crippen LogP contribution in [0.3, 0.4) is 0 Å². The van der Waals surface area contributed by atoms with Crippen LogP contribution in [-0.4, -0.2) is 44.1 Å². The Hall–Kier alpha value is -2.86. The first-order chi connectivity index (χ1) is 13.6. The summed E-state index contributed by atoms with van der Waals surface area (Å²) in [6.07, 6.45) is 0. The van der Waals surface area contributed by atoms with Gasteiger partial charge < -0.3 is 14.5 Å². The molecule has 3 aromatic rings. The van der Waals surface area contributed by atoms with Gasteiger partial charge >= 0.3 is 0 Å². The first-order valence-electron chi connectivity index (χ1n) is 9.18. The van der Waals surface area contributed by atoms with E-state index in [9.17, 15) is 9.18 Å². The summed E-state index contributed by atoms with van der Waals surface area (Å²) in [7, 11) is 1.66. The molecule has 1 saturated heterocycles. The van der Waals surface area contributed by atoms with E-state index in [2.05, 4.69) is 11.0 Å². The molecule has 0 saturated carbocycles. The molecule has 0 atom stereocenters. The molecule has 2 aromatic carbocycles. The van der Waals surface area contributed by atoms with Crippen LogP contribution >= 0.6 is 11.3 Å². The minimum Gasteiger partial charge on any atom is -0.497 e. The molecule has 2 heterocycles. The highest BCUT2D eigenvalue weighted by atomic mass is 32.1. The lowest BCUT2D eigenvalue weighted by atomic mass is 10.2. The summed E-state index contributed by atoms with van der Waals surface area (Å²) in [6.45, 7) is 2.93. The summed E-state index contributed by atoms with van der Waals surface area (Å²) in [5.74, 6) is 0.636. The minimum atomic E-state index is -0.259. The number of hydrogen-bond acceptors (Lipinski definition) is 4. The number of ether oxygens (including phenoxy) is 1. The second-order valence-electron chi connectivity index (χ2n) is 6.65. The Morgan fingerprint density at radius 3 is 2.46 bits per heavy atom. The maximum Gasteiger partial charge on any atom is 0.264 e. The van der Waals surface area contributed by atoms with Gasteiger partial charge in [0.15, 0.2) is 0 Å². The largest absolute Gasteiger partial charge is 0.497 e. The first kappa shape index (κ1) is 18.5. The molecule has 1 aromatic heterocycles. The molecule has 0 aliphatic carbocycles. The summed E-state index contributed by atoms with van der Waals surface area (Å²) in [6, 6.07) is 18.1. The van der Waals surface area contributed by atoms with Crippen molar-refractivity contribution in [1.29, 1.82) is 0 Å². The fourth-order valence-electron chi connectivity index (χ4n) is 3.35. The van der Waals surface area contributed by atoms with Crippen LogP contribution < -0.4 is 9.64 Å². The molecule has 4 rings (SSSR count). The van der Waals surface area contributed by atoms with Crippen LogP contribution in [0.1, 0.15) is 9.67 Å². The summed E-state index contributed by atoms with van der Waals surface area (Å²) < 4.78 is 18.4. The van der Waals surface area contributed by atoms with Crippen LogP contribution in [0.4, 0.5) is 10.1 Å². The normalized spacial score (nSPS) is 14.2. The maximum atomic E-state index is 13.1. The van der Waals surface area contributed by atoms with E-state index in [-0.39, 0.29) is 11.7 Å². The van der Waals surface area contributed by atoms with Gasteiger partial charge in [0.25, 0.3) is 5.91 Å². The van der Waals surface area contributed by atoms with Crippen molar-refractivity contribution < 1.29 is 13.9 Å². The Kier molecular flexibility index (Phi) is 5.30. The van der Waals surface area contributed by atoms with Gasteiger partial charge in [-0.25, -0.2) is 4.39 Å². The SMILES string of the molecule is COc1cccc(N2CCN(C(=O)c3ccc(-c4ccc(F)cc4)s3)CC2)c1. The topological polar surface area (TPSA) is 32.8 Å². The number of methoxy groups -OCH3 is 1. The van der Waals surface area contributed by atoms with Gasteiger partial charge in [-0.3, -0.25) is 4.79 Å². The molecular weight excluding hydrogens is 375 g/mol. The zero-order valence-corrected chi connectivity index (χ0v) is 16.4. The molecule has 0 bridgehead atoms. The highest BCUT2D eigenvalue weighted by Gasteiger charge is 2.23. The number of nitrogens with zero attached hydrogens (tertiary/aromatic N) is 2. The van der Waals surface area contributed by atoms with Crippen LogP contribution in [0.25, 0.3) is 10.4 Å². The quantitative estimate of drug-likeness (QED) is 0.650. The van der Waals surface area contributed by atoms with Gasteiger partial charge in [-0.1, -0.05) is 18.2 Å². The number of rotatable bonds is 4. The number of thiophene rings is 1. The highest BCUT2D eigenvalue weighted by molar-refractivity contribution is 7.17. The molecular formula is C22H21FN2O2S. The van der Waals surface area contributed by atoms with Crippen LogP contribution in [0, 0.1) is 5.82 Å². The van der Waals surface area contributed by atoms with Crippen LogP contribution in [0.5, 0.6) is 5.75 Å². The molecule has 0 radical (unpaired) electrons. The van der Waals surface area contributed by atoms with E-state index in [4.69, 9.17) is 4.74 Å². The van der Waals surface area contributed by atoms with Crippen LogP contribution in [0.2, 0.25) is 0 Å². The van der Waals surface area contributed by atoms with Crippen molar-refractivity contribution in [3.05, 3.63) is 71.4 Å². The summed E-state index contributed by atoms with van der Waals surface area (Å²) >= 11 is 1.45. The number of halogens is 1. The predicted molar refractivity (Wildman–Crippen MR) is 111 cm³/mol. The zero-order valence-electron chi connectivity index (χ0n) is 15.6. The van der Waals surface area contributed by atoms with Crippen molar-refractivity contribution >= 4 is 22.9 Å². The number of benzene rings is 2. The van der Waals surface area contributed by atoms with Gasteiger partial charge in [-0.15, -0.1) is 11.3 Å². The smallest absolute Gasteiger partial charge is 0.264 e. The number of piperazine rings is 1. The molecule has 0 spiro atoms. The third-order valence-electron chi connectivity index (χ3n) is 4.93. The average molecular weight is 396 g/mol. The fraction of sp³-hybridized carbons (Fsp3) is 0.227. The first-order valence-corrected chi connectivity index (χ1v) is 10.00. The Morgan fingerprint density at radius 1 is 1.00 bits per heavy atom. The maximum absolute atomic E-state index is 13.1. The van der Waals surface area contributed by atoms with Gasteiger partial charge in [-0.2, -0.15) is 0 Å². The van der Waals surface area contributed by atoms with E-state index >= 15 is 0 Å². The van der Waals surface area contributed by atoms with Gasteiger partial charge in [0, 0.05) is 42.8 Å². The molecule has 1 fully saturated rings. The van der Waals surface area contributed by atoms with Crippen molar-refractivity contribution in [3.8, 4) is 16.2 Å². The van der Waals surface area contributed by atoms with E-state index in [0.717, 1.165) is 35.0 Å². The molecule has 28 heavy (non-hydrogen) atoms. The van der Waals surface area contributed by atoms with Crippen molar-refractivity contribution in [2.24, 2.45) is 0 Å². The van der Waals surface area contributed by atoms with E-state index in [1.165, 1.54) is 23.5 Å². The molecule has 6 heteroatoms. The Balaban J connectivity index is 1.41. The summed E-state index contributed by atoms with van der Waals surface area (Å²) in [5.41, 5.74) is 2.04. The second-order valence-corrected chi connectivity index (χ2v) is 7.74. The van der Waals surface area contributed by atoms with Crippen LogP contribution in [0.15, 0.2) is 60.7 Å². The van der Waals surface area contributed by atoms with Crippen molar-refractivity contribution in [2.45, 2.75) is 0 Å². The third-order valence-corrected chi connectivity index (χ3v) is 6.05. The van der Waals surface area contributed by atoms with E-state index in [1.807, 2.05) is 35.2 Å². The number of hydrogen-bond donors (Lipinski definition) is 0. The lowest BCUT2D eigenvalue weighted by molar-refractivity contribution is 0.0751. The molecule has 1 aliphatic heterocycles. The van der Waals surface area contributed by atoms with E-state index in [1.54, 1.807) is 19.2 Å². The minimum absolute atomic E-state index is 0.0589. The molecule has 0 unspecified atom stereocenters. The Bertz CT molecular complexity index is 963. The average Bonchev–Trinajstić information content (AvgIpc) is 3.24.